The van der Waals surface area contributed by atoms with Crippen molar-refractivity contribution in [2.75, 3.05) is 26.2 Å². The summed E-state index contributed by atoms with van der Waals surface area (Å²) in [6.45, 7) is 3.58. The lowest BCUT2D eigenvalue weighted by Crippen LogP contribution is -2.35. The molecule has 120 valence electrons. The number of carbonyl (C=O) groups is 1. The summed E-state index contributed by atoms with van der Waals surface area (Å²) in [4.78, 5) is 14.8. The average Bonchev–Trinajstić information content (AvgIpc) is 2.90. The zero-order chi connectivity index (χ0) is 15.9. The first-order valence-electron chi connectivity index (χ1n) is 8.43. The summed E-state index contributed by atoms with van der Waals surface area (Å²) < 4.78 is 0. The summed E-state index contributed by atoms with van der Waals surface area (Å²) in [6.07, 6.45) is 1.57. The molecule has 3 heteroatoms. The summed E-state index contributed by atoms with van der Waals surface area (Å²) in [7, 11) is 0. The van der Waals surface area contributed by atoms with Gasteiger partial charge in [0.2, 0.25) is 5.91 Å². The average molecular weight is 308 g/mol. The Morgan fingerprint density at radius 1 is 0.913 bits per heavy atom. The van der Waals surface area contributed by atoms with Crippen LogP contribution in [-0.2, 0) is 4.79 Å². The Kier molecular flexibility index (Phi) is 5.43. The van der Waals surface area contributed by atoms with E-state index in [1.165, 1.54) is 11.1 Å². The zero-order valence-electron chi connectivity index (χ0n) is 13.4. The number of carbonyl (C=O) groups excluding carboxylic acids is 1. The van der Waals surface area contributed by atoms with Gasteiger partial charge in [-0.2, -0.15) is 0 Å². The van der Waals surface area contributed by atoms with Crippen molar-refractivity contribution in [3.8, 4) is 0 Å². The van der Waals surface area contributed by atoms with Gasteiger partial charge in [0.25, 0.3) is 0 Å². The van der Waals surface area contributed by atoms with E-state index in [1.807, 2.05) is 41.3 Å². The Labute approximate surface area is 138 Å². The molecule has 3 rings (SSSR count). The van der Waals surface area contributed by atoms with Gasteiger partial charge in [0, 0.05) is 32.0 Å². The predicted molar refractivity (Wildman–Crippen MR) is 93.4 cm³/mol. The van der Waals surface area contributed by atoms with Gasteiger partial charge in [-0.05, 0) is 24.1 Å². The summed E-state index contributed by atoms with van der Waals surface area (Å²) in [6, 6.07) is 20.7. The molecule has 1 aliphatic heterocycles. The van der Waals surface area contributed by atoms with Crippen molar-refractivity contribution >= 4 is 5.91 Å². The fourth-order valence-electron chi connectivity index (χ4n) is 3.20. The van der Waals surface area contributed by atoms with Gasteiger partial charge in [-0.1, -0.05) is 60.7 Å². The largest absolute Gasteiger partial charge is 0.341 e. The molecule has 0 atom stereocenters. The predicted octanol–water partition coefficient (Wildman–Crippen LogP) is 3.03. The molecule has 3 nitrogen and oxygen atoms in total. The van der Waals surface area contributed by atoms with E-state index in [0.29, 0.717) is 6.42 Å². The molecule has 1 amide bonds. The minimum atomic E-state index is 0.126. The summed E-state index contributed by atoms with van der Waals surface area (Å²) in [5.41, 5.74) is 2.42. The normalized spacial score (nSPS) is 15.4. The fraction of sp³-hybridized carbons (Fsp3) is 0.350. The van der Waals surface area contributed by atoms with Crippen LogP contribution in [0.5, 0.6) is 0 Å². The summed E-state index contributed by atoms with van der Waals surface area (Å²) in [5, 5.41) is 3.35. The molecular formula is C20H24N2O. The molecule has 0 radical (unpaired) electrons. The summed E-state index contributed by atoms with van der Waals surface area (Å²) >= 11 is 0. The molecule has 0 saturated carbocycles. The van der Waals surface area contributed by atoms with Crippen molar-refractivity contribution in [1.82, 2.24) is 10.2 Å². The molecule has 23 heavy (non-hydrogen) atoms. The highest BCUT2D eigenvalue weighted by Gasteiger charge is 2.22. The van der Waals surface area contributed by atoms with Crippen LogP contribution in [0.4, 0.5) is 0 Å². The van der Waals surface area contributed by atoms with E-state index in [2.05, 4.69) is 29.6 Å². The highest BCUT2D eigenvalue weighted by atomic mass is 16.2. The minimum absolute atomic E-state index is 0.126. The van der Waals surface area contributed by atoms with Gasteiger partial charge in [-0.3, -0.25) is 4.79 Å². The molecule has 2 aromatic carbocycles. The van der Waals surface area contributed by atoms with Crippen molar-refractivity contribution in [3.63, 3.8) is 0 Å². The monoisotopic (exact) mass is 308 g/mol. The Hall–Kier alpha value is -2.13. The Morgan fingerprint density at radius 3 is 2.13 bits per heavy atom. The lowest BCUT2D eigenvalue weighted by molar-refractivity contribution is -0.131. The number of nitrogens with one attached hydrogen (secondary N) is 1. The van der Waals surface area contributed by atoms with Gasteiger partial charge < -0.3 is 10.2 Å². The van der Waals surface area contributed by atoms with E-state index in [9.17, 15) is 4.79 Å². The van der Waals surface area contributed by atoms with E-state index in [1.54, 1.807) is 0 Å². The van der Waals surface area contributed by atoms with Crippen LogP contribution >= 0.6 is 0 Å². The van der Waals surface area contributed by atoms with E-state index in [0.717, 1.165) is 32.6 Å². The van der Waals surface area contributed by atoms with Crippen molar-refractivity contribution in [2.45, 2.75) is 18.8 Å². The molecule has 1 N–H and O–H groups in total. The van der Waals surface area contributed by atoms with E-state index < -0.39 is 0 Å². The van der Waals surface area contributed by atoms with E-state index >= 15 is 0 Å². The molecule has 0 spiro atoms. The Morgan fingerprint density at radius 2 is 1.52 bits per heavy atom. The van der Waals surface area contributed by atoms with Crippen molar-refractivity contribution in [3.05, 3.63) is 71.8 Å². The number of rotatable bonds is 4. The highest BCUT2D eigenvalue weighted by molar-refractivity contribution is 5.77. The fourth-order valence-corrected chi connectivity index (χ4v) is 3.20. The van der Waals surface area contributed by atoms with Crippen LogP contribution in [0.25, 0.3) is 0 Å². The number of amides is 1. The minimum Gasteiger partial charge on any atom is -0.341 e. The molecular weight excluding hydrogens is 284 g/mol. The standard InChI is InChI=1S/C20H24N2O/c23-20(22-14-7-12-21-13-15-22)16-19(17-8-3-1-4-9-17)18-10-5-2-6-11-18/h1-6,8-11,19,21H,7,12-16H2. The quantitative estimate of drug-likeness (QED) is 0.941. The molecule has 1 aliphatic rings. The third kappa shape index (κ3) is 4.20. The van der Waals surface area contributed by atoms with Crippen LogP contribution in [-0.4, -0.2) is 37.0 Å². The SMILES string of the molecule is O=C(CC(c1ccccc1)c1ccccc1)N1CCCNCC1. The Bertz CT molecular complexity index is 565. The molecule has 1 saturated heterocycles. The summed E-state index contributed by atoms with van der Waals surface area (Å²) in [5.74, 6) is 0.382. The Balaban J connectivity index is 1.80. The van der Waals surface area contributed by atoms with Crippen LogP contribution in [0.3, 0.4) is 0 Å². The number of hydrogen-bond donors (Lipinski definition) is 1. The van der Waals surface area contributed by atoms with Gasteiger partial charge in [0.1, 0.15) is 0 Å². The second-order valence-corrected chi connectivity index (χ2v) is 6.06. The van der Waals surface area contributed by atoms with Crippen LogP contribution in [0, 0.1) is 0 Å². The van der Waals surface area contributed by atoms with Gasteiger partial charge >= 0.3 is 0 Å². The van der Waals surface area contributed by atoms with Crippen LogP contribution < -0.4 is 5.32 Å². The lowest BCUT2D eigenvalue weighted by atomic mass is 9.88. The molecule has 0 bridgehead atoms. The topological polar surface area (TPSA) is 32.3 Å². The number of benzene rings is 2. The maximum Gasteiger partial charge on any atom is 0.223 e. The van der Waals surface area contributed by atoms with Crippen LogP contribution in [0.2, 0.25) is 0 Å². The second kappa shape index (κ2) is 7.93. The van der Waals surface area contributed by atoms with Crippen LogP contribution in [0.15, 0.2) is 60.7 Å². The van der Waals surface area contributed by atoms with Crippen molar-refractivity contribution in [1.29, 1.82) is 0 Å². The van der Waals surface area contributed by atoms with E-state index in [-0.39, 0.29) is 11.8 Å². The molecule has 1 heterocycles. The third-order valence-electron chi connectivity index (χ3n) is 4.48. The third-order valence-corrected chi connectivity index (χ3v) is 4.48. The molecule has 1 fully saturated rings. The van der Waals surface area contributed by atoms with Gasteiger partial charge in [0.05, 0.1) is 0 Å². The maximum atomic E-state index is 12.8. The van der Waals surface area contributed by atoms with Crippen molar-refractivity contribution in [2.24, 2.45) is 0 Å². The first-order chi connectivity index (χ1) is 11.3. The number of nitrogens with zero attached hydrogens (tertiary/aromatic N) is 1. The first kappa shape index (κ1) is 15.8. The van der Waals surface area contributed by atoms with E-state index in [4.69, 9.17) is 0 Å². The molecule has 2 aromatic rings. The first-order valence-corrected chi connectivity index (χ1v) is 8.43. The van der Waals surface area contributed by atoms with Gasteiger partial charge in [-0.15, -0.1) is 0 Å². The lowest BCUT2D eigenvalue weighted by Gasteiger charge is -2.24. The number of hydrogen-bond acceptors (Lipinski definition) is 2. The zero-order valence-corrected chi connectivity index (χ0v) is 13.4. The smallest absolute Gasteiger partial charge is 0.223 e. The van der Waals surface area contributed by atoms with Crippen molar-refractivity contribution < 1.29 is 4.79 Å². The van der Waals surface area contributed by atoms with Crippen LogP contribution in [0.1, 0.15) is 29.9 Å². The second-order valence-electron chi connectivity index (χ2n) is 6.06. The van der Waals surface area contributed by atoms with Gasteiger partial charge in [-0.25, -0.2) is 0 Å². The van der Waals surface area contributed by atoms with Gasteiger partial charge in [0.15, 0.2) is 0 Å². The molecule has 0 aromatic heterocycles. The highest BCUT2D eigenvalue weighted by Crippen LogP contribution is 2.28. The molecule has 0 aliphatic carbocycles. The molecule has 0 unspecified atom stereocenters. The maximum absolute atomic E-state index is 12.8.